The minimum absolute atomic E-state index is 0.0313. The van der Waals surface area contributed by atoms with Crippen LogP contribution >= 0.6 is 23.4 Å². The topological polar surface area (TPSA) is 49.4 Å². The summed E-state index contributed by atoms with van der Waals surface area (Å²) in [5.74, 6) is 0.950. The van der Waals surface area contributed by atoms with Crippen molar-refractivity contribution in [3.8, 4) is 0 Å². The van der Waals surface area contributed by atoms with E-state index in [4.69, 9.17) is 11.6 Å². The Hall–Kier alpha value is -1.20. The van der Waals surface area contributed by atoms with Gasteiger partial charge in [-0.3, -0.25) is 9.59 Å². The molecule has 1 aliphatic heterocycles. The normalized spacial score (nSPS) is 17.8. The van der Waals surface area contributed by atoms with Crippen molar-refractivity contribution >= 4 is 35.2 Å². The average molecular weight is 341 g/mol. The van der Waals surface area contributed by atoms with Crippen LogP contribution in [0.3, 0.4) is 0 Å². The molecule has 0 spiro atoms. The van der Waals surface area contributed by atoms with E-state index < -0.39 is 0 Å². The van der Waals surface area contributed by atoms with Crippen molar-refractivity contribution in [2.24, 2.45) is 0 Å². The van der Waals surface area contributed by atoms with E-state index in [0.29, 0.717) is 31.0 Å². The molecular weight excluding hydrogens is 320 g/mol. The van der Waals surface area contributed by atoms with Crippen LogP contribution in [-0.2, 0) is 16.0 Å². The predicted molar refractivity (Wildman–Crippen MR) is 91.3 cm³/mol. The minimum atomic E-state index is -0.0544. The number of halogens is 1. The smallest absolute Gasteiger partial charge is 0.224 e. The van der Waals surface area contributed by atoms with Crippen molar-refractivity contribution in [2.75, 3.05) is 25.1 Å². The Kier molecular flexibility index (Phi) is 6.58. The Morgan fingerprint density at radius 2 is 2.32 bits per heavy atom. The Labute approximate surface area is 140 Å². The molecule has 1 aromatic carbocycles. The third kappa shape index (κ3) is 5.21. The first-order chi connectivity index (χ1) is 10.6. The van der Waals surface area contributed by atoms with Crippen molar-refractivity contribution in [3.05, 3.63) is 34.9 Å². The molecular formula is C16H21ClN2O2S. The molecule has 1 aliphatic rings. The first-order valence-corrected chi connectivity index (χ1v) is 9.16. The summed E-state index contributed by atoms with van der Waals surface area (Å²) in [5, 5.41) is 3.66. The molecule has 0 aliphatic carbocycles. The molecule has 22 heavy (non-hydrogen) atoms. The van der Waals surface area contributed by atoms with E-state index in [-0.39, 0.29) is 17.9 Å². The van der Waals surface area contributed by atoms with Crippen LogP contribution in [-0.4, -0.2) is 47.9 Å². The number of nitrogens with zero attached hydrogens (tertiary/aromatic N) is 1. The van der Waals surface area contributed by atoms with E-state index in [0.717, 1.165) is 17.7 Å². The molecule has 1 saturated heterocycles. The predicted octanol–water partition coefficient (Wildman–Crippen LogP) is 2.35. The number of carbonyl (C=O) groups is 2. The van der Waals surface area contributed by atoms with Gasteiger partial charge in [0, 0.05) is 36.7 Å². The molecule has 6 heteroatoms. The maximum absolute atomic E-state index is 12.0. The van der Waals surface area contributed by atoms with E-state index in [1.807, 2.05) is 35.4 Å². The van der Waals surface area contributed by atoms with Crippen molar-refractivity contribution in [3.63, 3.8) is 0 Å². The van der Waals surface area contributed by atoms with Gasteiger partial charge in [0.05, 0.1) is 6.04 Å². The summed E-state index contributed by atoms with van der Waals surface area (Å²) >= 11 is 7.61. The quantitative estimate of drug-likeness (QED) is 0.829. The maximum Gasteiger partial charge on any atom is 0.224 e. The second kappa shape index (κ2) is 8.44. The maximum atomic E-state index is 12.0. The summed E-state index contributed by atoms with van der Waals surface area (Å²) in [6.07, 6.45) is 3.66. The van der Waals surface area contributed by atoms with Crippen LogP contribution < -0.4 is 5.32 Å². The standard InChI is InChI=1S/C16H21ClN2O2S/c1-22-8-6-15(20)18-14-10-16(21)19(11-14)7-5-12-3-2-4-13(17)9-12/h2-4,9,14H,5-8,10-11H2,1H3,(H,18,20)/t14-/m1/s1. The second-order valence-electron chi connectivity index (χ2n) is 5.43. The van der Waals surface area contributed by atoms with Gasteiger partial charge in [-0.25, -0.2) is 0 Å². The van der Waals surface area contributed by atoms with Crippen molar-refractivity contribution in [1.82, 2.24) is 10.2 Å². The highest BCUT2D eigenvalue weighted by molar-refractivity contribution is 7.98. The van der Waals surface area contributed by atoms with E-state index in [2.05, 4.69) is 5.32 Å². The summed E-state index contributed by atoms with van der Waals surface area (Å²) in [5.41, 5.74) is 1.12. The number of rotatable bonds is 7. The van der Waals surface area contributed by atoms with Gasteiger partial charge in [-0.05, 0) is 30.4 Å². The molecule has 1 heterocycles. The number of nitrogens with one attached hydrogen (secondary N) is 1. The number of amides is 2. The van der Waals surface area contributed by atoms with Crippen molar-refractivity contribution in [2.45, 2.75) is 25.3 Å². The van der Waals surface area contributed by atoms with Crippen LogP contribution in [0.15, 0.2) is 24.3 Å². The lowest BCUT2D eigenvalue weighted by Gasteiger charge is -2.17. The summed E-state index contributed by atoms with van der Waals surface area (Å²) in [6, 6.07) is 7.63. The van der Waals surface area contributed by atoms with Gasteiger partial charge >= 0.3 is 0 Å². The largest absolute Gasteiger partial charge is 0.351 e. The molecule has 2 rings (SSSR count). The molecule has 0 bridgehead atoms. The number of likely N-dealkylation sites (tertiary alicyclic amines) is 1. The van der Waals surface area contributed by atoms with Crippen molar-refractivity contribution in [1.29, 1.82) is 0 Å². The van der Waals surface area contributed by atoms with Crippen LogP contribution in [0.1, 0.15) is 18.4 Å². The molecule has 0 saturated carbocycles. The highest BCUT2D eigenvalue weighted by atomic mass is 35.5. The summed E-state index contributed by atoms with van der Waals surface area (Å²) in [6.45, 7) is 1.26. The molecule has 120 valence electrons. The molecule has 0 unspecified atom stereocenters. The zero-order chi connectivity index (χ0) is 15.9. The Bertz CT molecular complexity index is 539. The molecule has 1 fully saturated rings. The van der Waals surface area contributed by atoms with Crippen molar-refractivity contribution < 1.29 is 9.59 Å². The number of hydrogen-bond donors (Lipinski definition) is 1. The van der Waals surface area contributed by atoms with E-state index in [1.54, 1.807) is 11.8 Å². The molecule has 1 aromatic rings. The van der Waals surface area contributed by atoms with Gasteiger partial charge in [0.1, 0.15) is 0 Å². The van der Waals surface area contributed by atoms with E-state index in [9.17, 15) is 9.59 Å². The zero-order valence-electron chi connectivity index (χ0n) is 12.7. The number of thioether (sulfide) groups is 1. The Balaban J connectivity index is 1.78. The van der Waals surface area contributed by atoms with Crippen LogP contribution in [0.5, 0.6) is 0 Å². The van der Waals surface area contributed by atoms with Gasteiger partial charge in [0.2, 0.25) is 11.8 Å². The molecule has 1 N–H and O–H groups in total. The lowest BCUT2D eigenvalue weighted by Crippen LogP contribution is -2.37. The summed E-state index contributed by atoms with van der Waals surface area (Å²) in [4.78, 5) is 25.6. The minimum Gasteiger partial charge on any atom is -0.351 e. The fraction of sp³-hybridized carbons (Fsp3) is 0.500. The number of carbonyl (C=O) groups excluding carboxylic acids is 2. The van der Waals surface area contributed by atoms with Crippen LogP contribution in [0.25, 0.3) is 0 Å². The molecule has 4 nitrogen and oxygen atoms in total. The highest BCUT2D eigenvalue weighted by Crippen LogP contribution is 2.15. The third-order valence-electron chi connectivity index (χ3n) is 3.67. The van der Waals surface area contributed by atoms with Gasteiger partial charge in [0.25, 0.3) is 0 Å². The fourth-order valence-corrected chi connectivity index (χ4v) is 3.14. The zero-order valence-corrected chi connectivity index (χ0v) is 14.3. The van der Waals surface area contributed by atoms with Crippen LogP contribution in [0.2, 0.25) is 5.02 Å². The first kappa shape index (κ1) is 17.2. The van der Waals surface area contributed by atoms with Gasteiger partial charge < -0.3 is 10.2 Å². The van der Waals surface area contributed by atoms with Gasteiger partial charge in [-0.15, -0.1) is 0 Å². The lowest BCUT2D eigenvalue weighted by atomic mass is 10.1. The van der Waals surface area contributed by atoms with Gasteiger partial charge in [0.15, 0.2) is 0 Å². The second-order valence-corrected chi connectivity index (χ2v) is 6.85. The van der Waals surface area contributed by atoms with E-state index in [1.165, 1.54) is 0 Å². The SMILES string of the molecule is CSCCC(=O)N[C@@H]1CC(=O)N(CCc2cccc(Cl)c2)C1. The van der Waals surface area contributed by atoms with Gasteiger partial charge in [-0.2, -0.15) is 11.8 Å². The summed E-state index contributed by atoms with van der Waals surface area (Å²) in [7, 11) is 0. The fourth-order valence-electron chi connectivity index (χ4n) is 2.54. The number of benzene rings is 1. The van der Waals surface area contributed by atoms with Crippen LogP contribution in [0.4, 0.5) is 0 Å². The molecule has 0 radical (unpaired) electrons. The monoisotopic (exact) mass is 340 g/mol. The van der Waals surface area contributed by atoms with E-state index >= 15 is 0 Å². The lowest BCUT2D eigenvalue weighted by molar-refractivity contribution is -0.127. The highest BCUT2D eigenvalue weighted by Gasteiger charge is 2.29. The number of hydrogen-bond acceptors (Lipinski definition) is 3. The average Bonchev–Trinajstić information content (AvgIpc) is 2.83. The Morgan fingerprint density at radius 3 is 3.05 bits per heavy atom. The van der Waals surface area contributed by atoms with Gasteiger partial charge in [-0.1, -0.05) is 23.7 Å². The Morgan fingerprint density at radius 1 is 1.50 bits per heavy atom. The molecule has 1 atom stereocenters. The molecule has 2 amide bonds. The summed E-state index contributed by atoms with van der Waals surface area (Å²) < 4.78 is 0. The first-order valence-electron chi connectivity index (χ1n) is 7.39. The third-order valence-corrected chi connectivity index (χ3v) is 4.52. The molecule has 0 aromatic heterocycles. The van der Waals surface area contributed by atoms with Crippen LogP contribution in [0, 0.1) is 0 Å².